The van der Waals surface area contributed by atoms with Crippen molar-refractivity contribution in [1.82, 2.24) is 14.3 Å². The van der Waals surface area contributed by atoms with Crippen LogP contribution >= 0.6 is 0 Å². The Kier molecular flexibility index (Phi) is 5.24. The van der Waals surface area contributed by atoms with Crippen molar-refractivity contribution in [1.29, 1.82) is 0 Å². The Hall–Kier alpha value is -2.13. The van der Waals surface area contributed by atoms with E-state index in [-0.39, 0.29) is 18.2 Å². The number of piperidine rings is 1. The van der Waals surface area contributed by atoms with E-state index in [1.54, 1.807) is 6.07 Å². The number of nitrogens with zero attached hydrogens (tertiary/aromatic N) is 3. The van der Waals surface area contributed by atoms with Crippen LogP contribution in [0, 0.1) is 11.6 Å². The molecular formula is C16H17F2N3O3S. The Morgan fingerprint density at radius 2 is 2.12 bits per heavy atom. The fourth-order valence-electron chi connectivity index (χ4n) is 2.71. The van der Waals surface area contributed by atoms with Gasteiger partial charge in [0.2, 0.25) is 15.9 Å². The number of hydrogen-bond donors (Lipinski definition) is 0. The molecule has 25 heavy (non-hydrogen) atoms. The van der Waals surface area contributed by atoms with Crippen molar-refractivity contribution in [2.24, 2.45) is 0 Å². The molecule has 1 aromatic heterocycles. The standard InChI is InChI=1S/C16H17F2N3O3S/c17-13-3-4-15(18)12(8-13)10-25(22,23)21-7-1-2-14(9-21)24-16-5-6-19-11-20-16/h3-6,8,11,14H,1-2,7,9-10H2. The van der Waals surface area contributed by atoms with Gasteiger partial charge in [-0.2, -0.15) is 4.31 Å². The van der Waals surface area contributed by atoms with Gasteiger partial charge in [0, 0.05) is 24.4 Å². The van der Waals surface area contributed by atoms with Gasteiger partial charge in [-0.25, -0.2) is 27.2 Å². The summed E-state index contributed by atoms with van der Waals surface area (Å²) in [5.74, 6) is -1.63. The van der Waals surface area contributed by atoms with E-state index in [0.29, 0.717) is 25.3 Å². The van der Waals surface area contributed by atoms with Crippen molar-refractivity contribution in [3.63, 3.8) is 0 Å². The fourth-order valence-corrected chi connectivity index (χ4v) is 4.31. The average molecular weight is 369 g/mol. The third-order valence-corrected chi connectivity index (χ3v) is 5.72. The fraction of sp³-hybridized carbons (Fsp3) is 0.375. The minimum atomic E-state index is -3.79. The molecule has 9 heteroatoms. The Labute approximate surface area is 144 Å². The van der Waals surface area contributed by atoms with Crippen LogP contribution < -0.4 is 4.74 Å². The van der Waals surface area contributed by atoms with Crippen molar-refractivity contribution in [3.8, 4) is 5.88 Å². The SMILES string of the molecule is O=S(=O)(Cc1cc(F)ccc1F)N1CCCC(Oc2ccncn2)C1. The average Bonchev–Trinajstić information content (AvgIpc) is 2.59. The van der Waals surface area contributed by atoms with Crippen molar-refractivity contribution in [2.45, 2.75) is 24.7 Å². The normalized spacial score (nSPS) is 18.9. The second-order valence-electron chi connectivity index (χ2n) is 5.78. The molecule has 1 aromatic carbocycles. The second kappa shape index (κ2) is 7.40. The van der Waals surface area contributed by atoms with E-state index in [0.717, 1.165) is 18.2 Å². The molecule has 134 valence electrons. The molecule has 0 bridgehead atoms. The Bertz CT molecular complexity index is 834. The maximum Gasteiger partial charge on any atom is 0.218 e. The van der Waals surface area contributed by atoms with Crippen molar-refractivity contribution in [3.05, 3.63) is 54.0 Å². The van der Waals surface area contributed by atoms with Gasteiger partial charge in [0.05, 0.1) is 12.3 Å². The quantitative estimate of drug-likeness (QED) is 0.807. The van der Waals surface area contributed by atoms with Crippen LogP contribution in [0.5, 0.6) is 5.88 Å². The van der Waals surface area contributed by atoms with Gasteiger partial charge in [-0.3, -0.25) is 0 Å². The lowest BCUT2D eigenvalue weighted by Gasteiger charge is -2.31. The van der Waals surface area contributed by atoms with Crippen LogP contribution in [0.2, 0.25) is 0 Å². The molecule has 0 aliphatic carbocycles. The van der Waals surface area contributed by atoms with E-state index in [4.69, 9.17) is 4.74 Å². The summed E-state index contributed by atoms with van der Waals surface area (Å²) in [4.78, 5) is 7.75. The molecule has 0 radical (unpaired) electrons. The zero-order valence-electron chi connectivity index (χ0n) is 13.3. The van der Waals surface area contributed by atoms with Gasteiger partial charge in [-0.15, -0.1) is 0 Å². The molecule has 6 nitrogen and oxygen atoms in total. The van der Waals surface area contributed by atoms with Crippen LogP contribution in [0.1, 0.15) is 18.4 Å². The van der Waals surface area contributed by atoms with E-state index in [9.17, 15) is 17.2 Å². The topological polar surface area (TPSA) is 72.4 Å². The zero-order chi connectivity index (χ0) is 17.9. The highest BCUT2D eigenvalue weighted by Gasteiger charge is 2.31. The number of benzene rings is 1. The number of aromatic nitrogens is 2. The molecule has 1 fully saturated rings. The summed E-state index contributed by atoms with van der Waals surface area (Å²) >= 11 is 0. The van der Waals surface area contributed by atoms with Crippen molar-refractivity contribution in [2.75, 3.05) is 13.1 Å². The smallest absolute Gasteiger partial charge is 0.218 e. The number of halogens is 2. The highest BCUT2D eigenvalue weighted by atomic mass is 32.2. The first-order valence-corrected chi connectivity index (χ1v) is 9.39. The lowest BCUT2D eigenvalue weighted by molar-refractivity contribution is 0.124. The lowest BCUT2D eigenvalue weighted by Crippen LogP contribution is -2.44. The van der Waals surface area contributed by atoms with Gasteiger partial charge in [-0.05, 0) is 31.0 Å². The number of sulfonamides is 1. The predicted molar refractivity (Wildman–Crippen MR) is 86.2 cm³/mol. The number of rotatable bonds is 5. The van der Waals surface area contributed by atoms with E-state index >= 15 is 0 Å². The summed E-state index contributed by atoms with van der Waals surface area (Å²) in [6.07, 6.45) is 3.83. The van der Waals surface area contributed by atoms with Gasteiger partial charge in [0.25, 0.3) is 0 Å². The Morgan fingerprint density at radius 1 is 1.28 bits per heavy atom. The summed E-state index contributed by atoms with van der Waals surface area (Å²) in [5, 5.41) is 0. The minimum Gasteiger partial charge on any atom is -0.473 e. The highest BCUT2D eigenvalue weighted by molar-refractivity contribution is 7.88. The van der Waals surface area contributed by atoms with E-state index in [1.807, 2.05) is 0 Å². The summed E-state index contributed by atoms with van der Waals surface area (Å²) in [5.41, 5.74) is -0.182. The van der Waals surface area contributed by atoms with Crippen LogP contribution in [-0.4, -0.2) is 41.9 Å². The largest absolute Gasteiger partial charge is 0.473 e. The molecule has 2 aromatic rings. The molecule has 1 aliphatic rings. The monoisotopic (exact) mass is 369 g/mol. The molecule has 0 spiro atoms. The van der Waals surface area contributed by atoms with Gasteiger partial charge < -0.3 is 4.74 Å². The summed E-state index contributed by atoms with van der Waals surface area (Å²) < 4.78 is 59.1. The van der Waals surface area contributed by atoms with Crippen molar-refractivity contribution >= 4 is 10.0 Å². The van der Waals surface area contributed by atoms with Gasteiger partial charge in [-0.1, -0.05) is 0 Å². The van der Waals surface area contributed by atoms with Crippen LogP contribution in [-0.2, 0) is 15.8 Å². The van der Waals surface area contributed by atoms with Crippen LogP contribution in [0.4, 0.5) is 8.78 Å². The van der Waals surface area contributed by atoms with Crippen LogP contribution in [0.3, 0.4) is 0 Å². The molecule has 1 atom stereocenters. The first-order valence-electron chi connectivity index (χ1n) is 7.78. The molecule has 1 saturated heterocycles. The summed E-state index contributed by atoms with van der Waals surface area (Å²) in [6, 6.07) is 4.39. The Morgan fingerprint density at radius 3 is 2.88 bits per heavy atom. The minimum absolute atomic E-state index is 0.142. The van der Waals surface area contributed by atoms with Crippen LogP contribution in [0.25, 0.3) is 0 Å². The van der Waals surface area contributed by atoms with E-state index in [1.165, 1.54) is 16.8 Å². The van der Waals surface area contributed by atoms with Gasteiger partial charge in [0.15, 0.2) is 0 Å². The molecule has 1 unspecified atom stereocenters. The maximum atomic E-state index is 13.7. The van der Waals surface area contributed by atoms with Gasteiger partial charge in [0.1, 0.15) is 24.1 Å². The molecule has 0 N–H and O–H groups in total. The van der Waals surface area contributed by atoms with E-state index in [2.05, 4.69) is 9.97 Å². The number of ether oxygens (including phenoxy) is 1. The molecular weight excluding hydrogens is 352 g/mol. The lowest BCUT2D eigenvalue weighted by atomic mass is 10.1. The number of hydrogen-bond acceptors (Lipinski definition) is 5. The van der Waals surface area contributed by atoms with Gasteiger partial charge >= 0.3 is 0 Å². The zero-order valence-corrected chi connectivity index (χ0v) is 14.1. The predicted octanol–water partition coefficient (Wildman–Crippen LogP) is 2.13. The second-order valence-corrected chi connectivity index (χ2v) is 7.75. The molecule has 0 saturated carbocycles. The molecule has 1 aliphatic heterocycles. The molecule has 3 rings (SSSR count). The first-order chi connectivity index (χ1) is 11.9. The summed E-state index contributed by atoms with van der Waals surface area (Å²) in [6.45, 7) is 0.464. The third kappa shape index (κ3) is 4.49. The molecule has 0 amide bonds. The van der Waals surface area contributed by atoms with E-state index < -0.39 is 27.4 Å². The molecule has 2 heterocycles. The highest BCUT2D eigenvalue weighted by Crippen LogP contribution is 2.22. The first kappa shape index (κ1) is 17.7. The maximum absolute atomic E-state index is 13.7. The van der Waals surface area contributed by atoms with Crippen LogP contribution in [0.15, 0.2) is 36.8 Å². The third-order valence-electron chi connectivity index (χ3n) is 3.92. The van der Waals surface area contributed by atoms with Crippen molar-refractivity contribution < 1.29 is 21.9 Å². The summed E-state index contributed by atoms with van der Waals surface area (Å²) in [7, 11) is -3.79. The Balaban J connectivity index is 1.70.